The number of hydrogen-bond acceptors (Lipinski definition) is 0. The first-order chi connectivity index (χ1) is 27.9. The van der Waals surface area contributed by atoms with Crippen LogP contribution in [0.5, 0.6) is 0 Å². The van der Waals surface area contributed by atoms with Gasteiger partial charge in [-0.25, -0.2) is 0 Å². The second-order valence-electron chi connectivity index (χ2n) is 7.50. The quantitative estimate of drug-likeness (QED) is 0.221. The molecule has 0 radical (unpaired) electrons. The Hall–Kier alpha value is -4.68. The fourth-order valence-corrected chi connectivity index (χ4v) is 4.00. The van der Waals surface area contributed by atoms with Gasteiger partial charge in [-0.05, 0) is 77.8 Å². The van der Waals surface area contributed by atoms with Gasteiger partial charge in [0.1, 0.15) is 0 Å². The minimum Gasteiger partial charge on any atom is -0.0622 e. The van der Waals surface area contributed by atoms with Crippen LogP contribution in [0, 0.1) is 0 Å². The van der Waals surface area contributed by atoms with Crippen molar-refractivity contribution >= 4 is 32.3 Å². The molecule has 0 spiro atoms. The van der Waals surface area contributed by atoms with E-state index < -0.39 is 211 Å². The zero-order valence-corrected chi connectivity index (χ0v) is 18.0. The molecule has 0 unspecified atom stereocenters. The Kier molecular flexibility index (Phi) is 1.81. The van der Waals surface area contributed by atoms with Gasteiger partial charge < -0.3 is 0 Å². The van der Waals surface area contributed by atoms with Gasteiger partial charge in [0.2, 0.25) is 0 Å². The SMILES string of the molecule is [2H]c1c([2H])c([2H])c(-c2c([2H])c([2H])c3c([2H])c([2H])c(-c4c5c([2H])c([2H])c([2H])c([2H])c5c(-c5c([2H])c([2H])c([2H])c([2H])c5[2H])c5c([2H])c([2H])c([2H])c([2H])c45)c([2H])c3c2[2H])c([2H])c1[2H]. The van der Waals surface area contributed by atoms with Gasteiger partial charge in [0.25, 0.3) is 0 Å². The number of fused-ring (bicyclic) bond motifs is 3. The fourth-order valence-electron chi connectivity index (χ4n) is 4.00. The van der Waals surface area contributed by atoms with Crippen molar-refractivity contribution in [1.82, 2.24) is 0 Å². The van der Waals surface area contributed by atoms with Crippen LogP contribution in [0.1, 0.15) is 32.9 Å². The van der Waals surface area contributed by atoms with Crippen LogP contribution in [0.3, 0.4) is 0 Å². The van der Waals surface area contributed by atoms with E-state index in [1.54, 1.807) is 0 Å². The third-order valence-electron chi connectivity index (χ3n) is 5.50. The molecule has 0 aliphatic rings. The molecule has 0 heterocycles. The monoisotopic (exact) mass is 480 g/mol. The summed E-state index contributed by atoms with van der Waals surface area (Å²) >= 11 is 0. The number of hydrogen-bond donors (Lipinski definition) is 0. The van der Waals surface area contributed by atoms with Crippen molar-refractivity contribution < 1.29 is 32.9 Å². The van der Waals surface area contributed by atoms with E-state index in [9.17, 15) is 6.85 Å². The van der Waals surface area contributed by atoms with Crippen molar-refractivity contribution in [2.24, 2.45) is 0 Å². The van der Waals surface area contributed by atoms with Crippen molar-refractivity contribution in [3.63, 3.8) is 0 Å². The molecule has 0 heteroatoms. The van der Waals surface area contributed by atoms with Gasteiger partial charge in [0.05, 0.1) is 32.9 Å². The molecule has 0 N–H and O–H groups in total. The van der Waals surface area contributed by atoms with Crippen LogP contribution in [0.25, 0.3) is 65.7 Å². The van der Waals surface area contributed by atoms with E-state index in [2.05, 4.69) is 0 Å². The molecule has 168 valence electrons. The highest BCUT2D eigenvalue weighted by atomic mass is 14.2. The lowest BCUT2D eigenvalue weighted by Gasteiger charge is -2.18. The molecule has 7 aromatic rings. The van der Waals surface area contributed by atoms with Gasteiger partial charge in [-0.2, -0.15) is 0 Å². The summed E-state index contributed by atoms with van der Waals surface area (Å²) in [5.74, 6) is 0. The van der Waals surface area contributed by atoms with Gasteiger partial charge in [-0.1, -0.05) is 133 Å². The second kappa shape index (κ2) is 8.52. The largest absolute Gasteiger partial charge is 0.0636 e. The second-order valence-corrected chi connectivity index (χ2v) is 7.50. The highest BCUT2D eigenvalue weighted by Crippen LogP contribution is 2.44. The van der Waals surface area contributed by atoms with Crippen LogP contribution in [0.4, 0.5) is 0 Å². The predicted octanol–water partition coefficient (Wildman–Crippen LogP) is 10.1. The number of benzene rings is 7. The van der Waals surface area contributed by atoms with E-state index in [0.29, 0.717) is 0 Å². The van der Waals surface area contributed by atoms with Crippen molar-refractivity contribution in [2.45, 2.75) is 0 Å². The van der Waals surface area contributed by atoms with E-state index >= 15 is 0 Å². The third kappa shape index (κ3) is 3.39. The lowest BCUT2D eigenvalue weighted by atomic mass is 9.85. The fraction of sp³-hybridized carbons (Fsp3) is 0. The lowest BCUT2D eigenvalue weighted by molar-refractivity contribution is 1.64. The standard InChI is InChI=1S/C36H24/c1-3-11-25(12-4-1)28-21-19-26-20-22-29(24-30(26)23-28)36-33-17-9-7-15-31(33)35(27-13-5-2-6-14-27)32-16-8-10-18-34(32)36/h1-24H/i1D,2D,3D,4D,5D,6D,7D,8D,9D,10D,11D,12D,13D,14D,15D,16D,17D,18D,19D,20D,21D,22D,23D,24D. The Morgan fingerprint density at radius 3 is 1.28 bits per heavy atom. The molecule has 7 aromatic carbocycles. The maximum Gasteiger partial charge on any atom is 0.0636 e. The van der Waals surface area contributed by atoms with Gasteiger partial charge in [-0.3, -0.25) is 0 Å². The summed E-state index contributed by atoms with van der Waals surface area (Å²) < 4.78 is 210. The van der Waals surface area contributed by atoms with Crippen molar-refractivity contribution in [2.75, 3.05) is 0 Å². The summed E-state index contributed by atoms with van der Waals surface area (Å²) in [6.07, 6.45) is 0. The first kappa shape index (κ1) is 7.66. The minimum atomic E-state index is -0.978. The molecule has 0 amide bonds. The molecule has 7 rings (SSSR count). The Balaban J connectivity index is 1.87. The molecular formula is C36H24. The summed E-state index contributed by atoms with van der Waals surface area (Å²) in [5, 5.41) is -4.03. The minimum absolute atomic E-state index is 0.637. The van der Waals surface area contributed by atoms with Gasteiger partial charge >= 0.3 is 0 Å². The number of rotatable bonds is 3. The Bertz CT molecular complexity index is 3050. The lowest BCUT2D eigenvalue weighted by Crippen LogP contribution is -1.90. The third-order valence-corrected chi connectivity index (χ3v) is 5.50. The van der Waals surface area contributed by atoms with Crippen molar-refractivity contribution in [3.8, 4) is 33.4 Å². The summed E-state index contributed by atoms with van der Waals surface area (Å²) in [7, 11) is 0. The molecule has 0 aliphatic heterocycles. The molecule has 0 bridgehead atoms. The molecule has 0 nitrogen and oxygen atoms in total. The van der Waals surface area contributed by atoms with Gasteiger partial charge in [0.15, 0.2) is 0 Å². The predicted molar refractivity (Wildman–Crippen MR) is 155 cm³/mol. The zero-order valence-electron chi connectivity index (χ0n) is 42.0. The molecule has 0 fully saturated rings. The highest BCUT2D eigenvalue weighted by molar-refractivity contribution is 6.21. The molecule has 0 aliphatic carbocycles. The molecular weight excluding hydrogens is 432 g/mol. The maximum absolute atomic E-state index is 9.58. The average molecular weight is 481 g/mol. The topological polar surface area (TPSA) is 0 Å². The Morgan fingerprint density at radius 1 is 0.306 bits per heavy atom. The molecule has 36 heavy (non-hydrogen) atoms. The van der Waals surface area contributed by atoms with E-state index in [1.165, 1.54) is 0 Å². The summed E-state index contributed by atoms with van der Waals surface area (Å²) in [6, 6.07) is -21.8. The van der Waals surface area contributed by atoms with Crippen LogP contribution in [-0.4, -0.2) is 0 Å². The first-order valence-corrected chi connectivity index (χ1v) is 10.5. The Labute approximate surface area is 244 Å². The summed E-state index contributed by atoms with van der Waals surface area (Å²) in [4.78, 5) is 0. The molecule has 0 aromatic heterocycles. The van der Waals surface area contributed by atoms with Crippen molar-refractivity contribution in [1.29, 1.82) is 0 Å². The normalized spacial score (nSPS) is 20.7. The van der Waals surface area contributed by atoms with Crippen LogP contribution in [0.15, 0.2) is 145 Å². The summed E-state index contributed by atoms with van der Waals surface area (Å²) in [5.41, 5.74) is -4.25. The van der Waals surface area contributed by atoms with Gasteiger partial charge in [-0.15, -0.1) is 0 Å². The van der Waals surface area contributed by atoms with E-state index in [0.717, 1.165) is 0 Å². The van der Waals surface area contributed by atoms with E-state index in [1.807, 2.05) is 0 Å². The maximum atomic E-state index is 9.58. The summed E-state index contributed by atoms with van der Waals surface area (Å²) in [6.45, 7) is 0. The van der Waals surface area contributed by atoms with Crippen LogP contribution < -0.4 is 0 Å². The first-order valence-electron chi connectivity index (χ1n) is 22.5. The highest BCUT2D eigenvalue weighted by Gasteiger charge is 2.16. The van der Waals surface area contributed by atoms with E-state index in [4.69, 9.17) is 26.0 Å². The van der Waals surface area contributed by atoms with Crippen LogP contribution >= 0.6 is 0 Å². The van der Waals surface area contributed by atoms with E-state index in [-0.39, 0.29) is 0 Å². The van der Waals surface area contributed by atoms with Gasteiger partial charge in [0, 0.05) is 0 Å². The molecule has 0 saturated carbocycles. The van der Waals surface area contributed by atoms with Crippen LogP contribution in [-0.2, 0) is 0 Å². The Morgan fingerprint density at radius 2 is 0.722 bits per heavy atom. The smallest absolute Gasteiger partial charge is 0.0622 e. The van der Waals surface area contributed by atoms with Crippen LogP contribution in [0.2, 0.25) is 0 Å². The average Bonchev–Trinajstić information content (AvgIpc) is 3.21. The molecule has 0 saturated heterocycles. The molecule has 0 atom stereocenters. The van der Waals surface area contributed by atoms with Crippen molar-refractivity contribution in [3.05, 3.63) is 145 Å². The zero-order chi connectivity index (χ0) is 44.8.